The van der Waals surface area contributed by atoms with Crippen molar-refractivity contribution in [2.45, 2.75) is 51.4 Å². The van der Waals surface area contributed by atoms with Gasteiger partial charge in [0.2, 0.25) is 0 Å². The molecule has 1 aliphatic rings. The summed E-state index contributed by atoms with van der Waals surface area (Å²) in [5.74, 6) is 0.0310. The van der Waals surface area contributed by atoms with E-state index in [0.717, 1.165) is 16.2 Å². The molecule has 2 N–H and O–H groups in total. The van der Waals surface area contributed by atoms with E-state index in [1.165, 1.54) is 11.8 Å². The van der Waals surface area contributed by atoms with E-state index in [4.69, 9.17) is 9.72 Å². The summed E-state index contributed by atoms with van der Waals surface area (Å²) in [6, 6.07) is 7.59. The van der Waals surface area contributed by atoms with Crippen LogP contribution < -0.4 is 10.6 Å². The van der Waals surface area contributed by atoms with E-state index in [0.29, 0.717) is 23.4 Å². The van der Waals surface area contributed by atoms with E-state index in [1.54, 1.807) is 6.92 Å². The number of amides is 2. The molecule has 0 saturated heterocycles. The number of hydrogen-bond acceptors (Lipinski definition) is 5. The van der Waals surface area contributed by atoms with Gasteiger partial charge in [0.1, 0.15) is 0 Å². The first kappa shape index (κ1) is 20.3. The first-order valence-corrected chi connectivity index (χ1v) is 10.5. The van der Waals surface area contributed by atoms with Crippen LogP contribution in [0.2, 0.25) is 0 Å². The summed E-state index contributed by atoms with van der Waals surface area (Å²) in [6.07, 6.45) is 0.611. The highest BCUT2D eigenvalue weighted by molar-refractivity contribution is 7.99. The lowest BCUT2D eigenvalue weighted by Gasteiger charge is -2.28. The molecular formula is C20H26N4O3S. The molecule has 1 atom stereocenters. The number of rotatable bonds is 7. The van der Waals surface area contributed by atoms with Crippen molar-refractivity contribution < 1.29 is 14.3 Å². The van der Waals surface area contributed by atoms with Crippen molar-refractivity contribution in [3.8, 4) is 0 Å². The molecular weight excluding hydrogens is 376 g/mol. The van der Waals surface area contributed by atoms with Gasteiger partial charge in [-0.25, -0.2) is 14.6 Å². The average Bonchev–Trinajstić information content (AvgIpc) is 3.04. The van der Waals surface area contributed by atoms with E-state index in [1.807, 2.05) is 25.1 Å². The lowest BCUT2D eigenvalue weighted by Crippen LogP contribution is -2.50. The van der Waals surface area contributed by atoms with E-state index in [9.17, 15) is 9.59 Å². The molecule has 0 aliphatic carbocycles. The number of imidazole rings is 1. The maximum Gasteiger partial charge on any atom is 0.337 e. The number of para-hydroxylation sites is 2. The Morgan fingerprint density at radius 2 is 2.07 bits per heavy atom. The van der Waals surface area contributed by atoms with Gasteiger partial charge in [0.05, 0.1) is 29.3 Å². The predicted octanol–water partition coefficient (Wildman–Crippen LogP) is 3.62. The average molecular weight is 403 g/mol. The molecule has 1 aliphatic heterocycles. The third-order valence-electron chi connectivity index (χ3n) is 4.57. The van der Waals surface area contributed by atoms with Crippen LogP contribution in [-0.4, -0.2) is 40.0 Å². The van der Waals surface area contributed by atoms with Crippen LogP contribution in [-0.2, 0) is 9.53 Å². The van der Waals surface area contributed by atoms with E-state index in [-0.39, 0.29) is 24.7 Å². The van der Waals surface area contributed by atoms with E-state index >= 15 is 0 Å². The van der Waals surface area contributed by atoms with Gasteiger partial charge >= 0.3 is 12.0 Å². The molecule has 2 aromatic rings. The van der Waals surface area contributed by atoms with Crippen LogP contribution in [0, 0.1) is 0 Å². The molecule has 0 spiro atoms. The number of nitrogens with one attached hydrogen (secondary N) is 2. The van der Waals surface area contributed by atoms with Crippen LogP contribution in [0.3, 0.4) is 0 Å². The van der Waals surface area contributed by atoms with Gasteiger partial charge in [-0.1, -0.05) is 30.8 Å². The standard InChI is InChI=1S/C20H26N4O3S/c1-5-13-17(18(25)27-6-2)15(22-19(26)21-13)11-28-20-23-14-9-7-8-10-16(14)24(20)12(3)4/h7-10,12-13H,5-6,11H2,1-4H3,(H2,21,22,26). The van der Waals surface area contributed by atoms with Gasteiger partial charge in [0.15, 0.2) is 5.16 Å². The zero-order valence-electron chi connectivity index (χ0n) is 16.6. The summed E-state index contributed by atoms with van der Waals surface area (Å²) < 4.78 is 7.39. The molecule has 8 heteroatoms. The number of nitrogens with zero attached hydrogens (tertiary/aromatic N) is 2. The normalized spacial score (nSPS) is 17.0. The first-order valence-electron chi connectivity index (χ1n) is 9.53. The Morgan fingerprint density at radius 1 is 1.32 bits per heavy atom. The topological polar surface area (TPSA) is 85.2 Å². The monoisotopic (exact) mass is 402 g/mol. The predicted molar refractivity (Wildman–Crippen MR) is 110 cm³/mol. The molecule has 3 rings (SSSR count). The molecule has 2 amide bonds. The quantitative estimate of drug-likeness (QED) is 0.546. The Kier molecular flexibility index (Phi) is 6.28. The summed E-state index contributed by atoms with van der Waals surface area (Å²) in [6.45, 7) is 8.21. The summed E-state index contributed by atoms with van der Waals surface area (Å²) in [4.78, 5) is 29.3. The third kappa shape index (κ3) is 4.01. The zero-order valence-corrected chi connectivity index (χ0v) is 17.4. The minimum atomic E-state index is -0.394. The van der Waals surface area contributed by atoms with Crippen LogP contribution in [0.15, 0.2) is 40.7 Å². The van der Waals surface area contributed by atoms with Crippen molar-refractivity contribution in [2.75, 3.05) is 12.4 Å². The maximum absolute atomic E-state index is 12.5. The summed E-state index contributed by atoms with van der Waals surface area (Å²) in [7, 11) is 0. The van der Waals surface area contributed by atoms with E-state index < -0.39 is 5.97 Å². The van der Waals surface area contributed by atoms with Crippen LogP contribution in [0.1, 0.15) is 40.2 Å². The molecule has 2 heterocycles. The SMILES string of the molecule is CCOC(=O)C1=C(CSc2nc3ccccc3n2C(C)C)NC(=O)NC1CC. The number of thioether (sulfide) groups is 1. The van der Waals surface area contributed by atoms with Gasteiger partial charge in [0.25, 0.3) is 0 Å². The molecule has 150 valence electrons. The van der Waals surface area contributed by atoms with Crippen LogP contribution in [0.25, 0.3) is 11.0 Å². The van der Waals surface area contributed by atoms with Crippen molar-refractivity contribution >= 4 is 34.8 Å². The smallest absolute Gasteiger partial charge is 0.337 e. The minimum absolute atomic E-state index is 0.236. The molecule has 0 saturated carbocycles. The van der Waals surface area contributed by atoms with Gasteiger partial charge < -0.3 is 19.9 Å². The van der Waals surface area contributed by atoms with Crippen molar-refractivity contribution in [3.05, 3.63) is 35.5 Å². The molecule has 28 heavy (non-hydrogen) atoms. The van der Waals surface area contributed by atoms with Crippen LogP contribution in [0.5, 0.6) is 0 Å². The number of hydrogen-bond donors (Lipinski definition) is 2. The number of esters is 1. The number of aromatic nitrogens is 2. The molecule has 0 fully saturated rings. The fourth-order valence-electron chi connectivity index (χ4n) is 3.34. The summed E-state index contributed by atoms with van der Waals surface area (Å²) >= 11 is 1.51. The van der Waals surface area contributed by atoms with Crippen molar-refractivity contribution in [1.82, 2.24) is 20.2 Å². The van der Waals surface area contributed by atoms with Gasteiger partial charge in [-0.05, 0) is 39.3 Å². The molecule has 0 radical (unpaired) electrons. The second kappa shape index (κ2) is 8.68. The first-order chi connectivity index (χ1) is 13.5. The van der Waals surface area contributed by atoms with Crippen LogP contribution in [0.4, 0.5) is 4.79 Å². The van der Waals surface area contributed by atoms with Gasteiger partial charge in [-0.3, -0.25) is 0 Å². The fourth-order valence-corrected chi connectivity index (χ4v) is 4.45. The minimum Gasteiger partial charge on any atom is -0.463 e. The number of ether oxygens (including phenoxy) is 1. The second-order valence-corrected chi connectivity index (χ2v) is 7.75. The second-order valence-electron chi connectivity index (χ2n) is 6.81. The molecule has 7 nitrogen and oxygen atoms in total. The molecule has 1 aromatic carbocycles. The Bertz CT molecular complexity index is 919. The van der Waals surface area contributed by atoms with Crippen molar-refractivity contribution in [2.24, 2.45) is 0 Å². The Balaban J connectivity index is 1.94. The Hall–Kier alpha value is -2.48. The number of benzene rings is 1. The molecule has 0 bridgehead atoms. The summed E-state index contributed by atoms with van der Waals surface area (Å²) in [5, 5.41) is 6.44. The van der Waals surface area contributed by atoms with Gasteiger partial charge in [-0.2, -0.15) is 0 Å². The Morgan fingerprint density at radius 3 is 2.75 bits per heavy atom. The number of fused-ring (bicyclic) bond motifs is 1. The number of carbonyl (C=O) groups excluding carboxylic acids is 2. The molecule has 1 aromatic heterocycles. The van der Waals surface area contributed by atoms with Crippen LogP contribution >= 0.6 is 11.8 Å². The fraction of sp³-hybridized carbons (Fsp3) is 0.450. The lowest BCUT2D eigenvalue weighted by molar-refractivity contribution is -0.139. The molecule has 1 unspecified atom stereocenters. The highest BCUT2D eigenvalue weighted by Crippen LogP contribution is 2.30. The Labute approximate surface area is 168 Å². The highest BCUT2D eigenvalue weighted by atomic mass is 32.2. The zero-order chi connectivity index (χ0) is 20.3. The van der Waals surface area contributed by atoms with Gasteiger partial charge in [-0.15, -0.1) is 0 Å². The van der Waals surface area contributed by atoms with Crippen molar-refractivity contribution in [3.63, 3.8) is 0 Å². The highest BCUT2D eigenvalue weighted by Gasteiger charge is 2.31. The third-order valence-corrected chi connectivity index (χ3v) is 5.55. The lowest BCUT2D eigenvalue weighted by atomic mass is 10.0. The van der Waals surface area contributed by atoms with Crippen molar-refractivity contribution in [1.29, 1.82) is 0 Å². The van der Waals surface area contributed by atoms with Gasteiger partial charge in [0, 0.05) is 17.5 Å². The van der Waals surface area contributed by atoms with E-state index in [2.05, 4.69) is 35.1 Å². The number of urea groups is 1. The maximum atomic E-state index is 12.5. The largest absolute Gasteiger partial charge is 0.463 e. The number of carbonyl (C=O) groups is 2. The summed E-state index contributed by atoms with van der Waals surface area (Å²) in [5.41, 5.74) is 3.07.